The first-order chi connectivity index (χ1) is 10.1. The van der Waals surface area contributed by atoms with Gasteiger partial charge >= 0.3 is 0 Å². The molecule has 0 aliphatic heterocycles. The van der Waals surface area contributed by atoms with E-state index in [4.69, 9.17) is 0 Å². The van der Waals surface area contributed by atoms with Crippen LogP contribution in [0.15, 0.2) is 23.8 Å². The second-order valence-electron chi connectivity index (χ2n) is 6.08. The van der Waals surface area contributed by atoms with E-state index in [-0.39, 0.29) is 0 Å². The molecule has 2 heterocycles. The summed E-state index contributed by atoms with van der Waals surface area (Å²) in [6.07, 6.45) is 7.89. The summed E-state index contributed by atoms with van der Waals surface area (Å²) in [5.74, 6) is 0. The van der Waals surface area contributed by atoms with Crippen LogP contribution in [0, 0.1) is 0 Å². The zero-order chi connectivity index (χ0) is 14.8. The molecule has 1 aliphatic carbocycles. The molecule has 3 rings (SSSR count). The number of thiophene rings is 1. The predicted octanol–water partition coefficient (Wildman–Crippen LogP) is 2.75. The van der Waals surface area contributed by atoms with Crippen molar-refractivity contribution in [3.05, 3.63) is 39.8 Å². The lowest BCUT2D eigenvalue weighted by Crippen LogP contribution is -2.34. The van der Waals surface area contributed by atoms with Crippen molar-refractivity contribution in [2.24, 2.45) is 7.05 Å². The molecule has 114 valence electrons. The van der Waals surface area contributed by atoms with Gasteiger partial charge in [0.15, 0.2) is 0 Å². The van der Waals surface area contributed by atoms with E-state index in [1.807, 2.05) is 29.3 Å². The molecule has 1 aliphatic rings. The van der Waals surface area contributed by atoms with Gasteiger partial charge in [0.25, 0.3) is 0 Å². The second kappa shape index (κ2) is 6.30. The topological polar surface area (TPSA) is 33.1 Å². The lowest BCUT2D eigenvalue weighted by atomic mass is 9.93. The van der Waals surface area contributed by atoms with E-state index >= 15 is 0 Å². The Labute approximate surface area is 130 Å². The van der Waals surface area contributed by atoms with Crippen molar-refractivity contribution >= 4 is 11.3 Å². The van der Waals surface area contributed by atoms with E-state index in [1.54, 1.807) is 4.88 Å². The molecule has 2 aromatic rings. The molecule has 2 aromatic heterocycles. The number of aryl methyl sites for hydroxylation is 2. The van der Waals surface area contributed by atoms with Crippen LogP contribution in [-0.2, 0) is 13.5 Å². The molecule has 4 nitrogen and oxygen atoms in total. The van der Waals surface area contributed by atoms with Crippen molar-refractivity contribution in [1.29, 1.82) is 0 Å². The van der Waals surface area contributed by atoms with E-state index in [2.05, 4.69) is 47.1 Å². The number of likely N-dealkylation sites (N-methyl/N-ethyl adjacent to an activating group) is 1. The van der Waals surface area contributed by atoms with Crippen LogP contribution >= 0.6 is 11.3 Å². The average molecular weight is 304 g/mol. The van der Waals surface area contributed by atoms with Crippen molar-refractivity contribution < 1.29 is 0 Å². The molecule has 0 saturated heterocycles. The monoisotopic (exact) mass is 304 g/mol. The van der Waals surface area contributed by atoms with Crippen LogP contribution in [0.5, 0.6) is 0 Å². The molecule has 0 spiro atoms. The average Bonchev–Trinajstić information content (AvgIpc) is 3.08. The SMILES string of the molecule is CN(C)[C@H](CN[C@H]1CCCc2sccc21)c1cnn(C)c1. The summed E-state index contributed by atoms with van der Waals surface area (Å²) >= 11 is 1.91. The molecule has 0 aromatic carbocycles. The minimum absolute atomic E-state index is 0.364. The highest BCUT2D eigenvalue weighted by molar-refractivity contribution is 7.10. The quantitative estimate of drug-likeness (QED) is 0.922. The standard InChI is InChI=1S/C16H24N4S/c1-19(2)15(12-9-18-20(3)11-12)10-17-14-5-4-6-16-13(14)7-8-21-16/h7-9,11,14-15,17H,4-6,10H2,1-3H3/t14-,15+/m0/s1. The predicted molar refractivity (Wildman–Crippen MR) is 87.6 cm³/mol. The summed E-state index contributed by atoms with van der Waals surface area (Å²) in [4.78, 5) is 3.84. The van der Waals surface area contributed by atoms with Crippen LogP contribution in [0.2, 0.25) is 0 Å². The zero-order valence-corrected chi connectivity index (χ0v) is 13.9. The lowest BCUT2D eigenvalue weighted by Gasteiger charge is -2.29. The third-order valence-electron chi connectivity index (χ3n) is 4.34. The summed E-state index contributed by atoms with van der Waals surface area (Å²) in [6.45, 7) is 0.957. The first kappa shape index (κ1) is 14.8. The van der Waals surface area contributed by atoms with E-state index in [1.165, 1.54) is 30.4 Å². The second-order valence-corrected chi connectivity index (χ2v) is 7.08. The number of nitrogens with zero attached hydrogens (tertiary/aromatic N) is 3. The summed E-state index contributed by atoms with van der Waals surface area (Å²) < 4.78 is 1.88. The fraction of sp³-hybridized carbons (Fsp3) is 0.562. The minimum atomic E-state index is 0.364. The summed E-state index contributed by atoms with van der Waals surface area (Å²) in [7, 11) is 6.24. The highest BCUT2D eigenvalue weighted by atomic mass is 32.1. The number of fused-ring (bicyclic) bond motifs is 1. The van der Waals surface area contributed by atoms with Crippen molar-refractivity contribution in [2.75, 3.05) is 20.6 Å². The van der Waals surface area contributed by atoms with Gasteiger partial charge in [-0.05, 0) is 50.4 Å². The van der Waals surface area contributed by atoms with Gasteiger partial charge in [0.1, 0.15) is 0 Å². The third kappa shape index (κ3) is 3.20. The lowest BCUT2D eigenvalue weighted by molar-refractivity contribution is 0.275. The summed E-state index contributed by atoms with van der Waals surface area (Å²) in [5, 5.41) is 10.3. The molecule has 0 fully saturated rings. The summed E-state index contributed by atoms with van der Waals surface area (Å²) in [6, 6.07) is 3.17. The molecule has 0 unspecified atom stereocenters. The molecular formula is C16H24N4S. The van der Waals surface area contributed by atoms with Gasteiger partial charge in [-0.1, -0.05) is 0 Å². The summed E-state index contributed by atoms with van der Waals surface area (Å²) in [5.41, 5.74) is 2.80. The molecule has 0 bridgehead atoms. The van der Waals surface area contributed by atoms with E-state index < -0.39 is 0 Å². The van der Waals surface area contributed by atoms with Gasteiger partial charge in [-0.3, -0.25) is 4.68 Å². The maximum Gasteiger partial charge on any atom is 0.0538 e. The Balaban J connectivity index is 1.68. The Morgan fingerprint density at radius 3 is 3.10 bits per heavy atom. The van der Waals surface area contributed by atoms with Crippen molar-refractivity contribution in [1.82, 2.24) is 20.0 Å². The van der Waals surface area contributed by atoms with Crippen LogP contribution in [0.3, 0.4) is 0 Å². The zero-order valence-electron chi connectivity index (χ0n) is 13.0. The van der Waals surface area contributed by atoms with Gasteiger partial charge < -0.3 is 10.2 Å². The fourth-order valence-corrected chi connectivity index (χ4v) is 4.15. The van der Waals surface area contributed by atoms with Gasteiger partial charge in [-0.15, -0.1) is 11.3 Å². The minimum Gasteiger partial charge on any atom is -0.308 e. The number of hydrogen-bond donors (Lipinski definition) is 1. The van der Waals surface area contributed by atoms with E-state index in [0.717, 1.165) is 6.54 Å². The van der Waals surface area contributed by atoms with Gasteiger partial charge in [0.2, 0.25) is 0 Å². The molecule has 0 radical (unpaired) electrons. The number of nitrogens with one attached hydrogen (secondary N) is 1. The maximum atomic E-state index is 4.31. The molecule has 1 N–H and O–H groups in total. The maximum absolute atomic E-state index is 4.31. The van der Waals surface area contributed by atoms with Crippen LogP contribution in [-0.4, -0.2) is 35.3 Å². The van der Waals surface area contributed by atoms with Gasteiger partial charge in [-0.25, -0.2) is 0 Å². The largest absolute Gasteiger partial charge is 0.308 e. The van der Waals surface area contributed by atoms with Crippen molar-refractivity contribution in [3.63, 3.8) is 0 Å². The molecule has 5 heteroatoms. The third-order valence-corrected chi connectivity index (χ3v) is 5.34. The Hall–Kier alpha value is -1.17. The van der Waals surface area contributed by atoms with Crippen molar-refractivity contribution in [3.8, 4) is 0 Å². The molecule has 0 saturated carbocycles. The van der Waals surface area contributed by atoms with Gasteiger partial charge in [-0.2, -0.15) is 5.10 Å². The fourth-order valence-electron chi connectivity index (χ4n) is 3.16. The van der Waals surface area contributed by atoms with Crippen LogP contribution in [0.1, 0.15) is 40.9 Å². The molecule has 21 heavy (non-hydrogen) atoms. The number of hydrogen-bond acceptors (Lipinski definition) is 4. The highest BCUT2D eigenvalue weighted by Crippen LogP contribution is 2.33. The van der Waals surface area contributed by atoms with Crippen LogP contribution < -0.4 is 5.32 Å². The Kier molecular flexibility index (Phi) is 4.42. The Morgan fingerprint density at radius 2 is 2.38 bits per heavy atom. The van der Waals surface area contributed by atoms with Gasteiger partial charge in [0.05, 0.1) is 6.20 Å². The van der Waals surface area contributed by atoms with Crippen molar-refractivity contribution in [2.45, 2.75) is 31.3 Å². The van der Waals surface area contributed by atoms with E-state index in [9.17, 15) is 0 Å². The highest BCUT2D eigenvalue weighted by Gasteiger charge is 2.23. The number of rotatable bonds is 5. The Morgan fingerprint density at radius 1 is 1.52 bits per heavy atom. The first-order valence-electron chi connectivity index (χ1n) is 7.60. The Bertz CT molecular complexity index is 587. The van der Waals surface area contributed by atoms with Gasteiger partial charge in [0, 0.05) is 42.3 Å². The van der Waals surface area contributed by atoms with Crippen LogP contribution in [0.25, 0.3) is 0 Å². The first-order valence-corrected chi connectivity index (χ1v) is 8.47. The molecular weight excluding hydrogens is 280 g/mol. The smallest absolute Gasteiger partial charge is 0.0538 e. The van der Waals surface area contributed by atoms with E-state index in [0.29, 0.717) is 12.1 Å². The normalized spacial score (nSPS) is 19.7. The molecule has 2 atom stereocenters. The number of aromatic nitrogens is 2. The van der Waals surface area contributed by atoms with Crippen LogP contribution in [0.4, 0.5) is 0 Å². The molecule has 0 amide bonds.